The van der Waals surface area contributed by atoms with Gasteiger partial charge in [0.15, 0.2) is 0 Å². The molecule has 3 aromatic rings. The zero-order valence-electron chi connectivity index (χ0n) is 11.6. The summed E-state index contributed by atoms with van der Waals surface area (Å²) in [5, 5.41) is 6.89. The summed E-state index contributed by atoms with van der Waals surface area (Å²) in [5.74, 6) is 0.938. The highest BCUT2D eigenvalue weighted by atomic mass is 32.1. The smallest absolute Gasteiger partial charge is 0.121 e. The fourth-order valence-electron chi connectivity index (χ4n) is 2.33. The van der Waals surface area contributed by atoms with Crippen molar-refractivity contribution in [1.82, 2.24) is 0 Å². The largest absolute Gasteiger partial charge is 0.496 e. The van der Waals surface area contributed by atoms with E-state index in [-0.39, 0.29) is 0 Å². The minimum Gasteiger partial charge on any atom is -0.496 e. The first kappa shape index (κ1) is 13.0. The van der Waals surface area contributed by atoms with Gasteiger partial charge in [0.2, 0.25) is 0 Å². The van der Waals surface area contributed by atoms with E-state index in [1.54, 1.807) is 18.4 Å². The molecule has 0 aliphatic heterocycles. The van der Waals surface area contributed by atoms with Gasteiger partial charge in [0.1, 0.15) is 5.75 Å². The number of ether oxygens (including phenoxy) is 1. The number of methoxy groups -OCH3 is 1. The SMILES string of the molecule is COc1ccc(CNc2ccc3sccc3c2)cc1C. The Labute approximate surface area is 123 Å². The van der Waals surface area contributed by atoms with Gasteiger partial charge in [-0.05, 0) is 59.1 Å². The van der Waals surface area contributed by atoms with E-state index in [2.05, 4.69) is 54.0 Å². The molecular weight excluding hydrogens is 266 g/mol. The van der Waals surface area contributed by atoms with Crippen molar-refractivity contribution in [3.63, 3.8) is 0 Å². The summed E-state index contributed by atoms with van der Waals surface area (Å²) in [6, 6.07) is 14.9. The molecule has 1 heterocycles. The molecule has 0 saturated heterocycles. The maximum absolute atomic E-state index is 5.28. The maximum Gasteiger partial charge on any atom is 0.121 e. The molecule has 2 aromatic carbocycles. The first-order chi connectivity index (χ1) is 9.76. The Hall–Kier alpha value is -2.00. The van der Waals surface area contributed by atoms with E-state index >= 15 is 0 Å². The van der Waals surface area contributed by atoms with Crippen LogP contribution in [0.25, 0.3) is 10.1 Å². The molecule has 0 aliphatic carbocycles. The van der Waals surface area contributed by atoms with Gasteiger partial charge in [-0.2, -0.15) is 0 Å². The van der Waals surface area contributed by atoms with Crippen molar-refractivity contribution in [3.8, 4) is 5.75 Å². The lowest BCUT2D eigenvalue weighted by Crippen LogP contribution is -2.00. The predicted molar refractivity (Wildman–Crippen MR) is 86.9 cm³/mol. The Morgan fingerprint density at radius 2 is 2.00 bits per heavy atom. The second-order valence-electron chi connectivity index (χ2n) is 4.83. The Morgan fingerprint density at radius 3 is 2.80 bits per heavy atom. The summed E-state index contributed by atoms with van der Waals surface area (Å²) in [6.45, 7) is 2.89. The molecular formula is C17H17NOS. The zero-order valence-corrected chi connectivity index (χ0v) is 12.5. The Morgan fingerprint density at radius 1 is 1.10 bits per heavy atom. The van der Waals surface area contributed by atoms with Crippen LogP contribution in [0.15, 0.2) is 47.8 Å². The van der Waals surface area contributed by atoms with Crippen LogP contribution in [0.3, 0.4) is 0 Å². The van der Waals surface area contributed by atoms with Gasteiger partial charge in [0.05, 0.1) is 7.11 Å². The number of benzene rings is 2. The Balaban J connectivity index is 1.73. The van der Waals surface area contributed by atoms with Crippen LogP contribution in [-0.2, 0) is 6.54 Å². The Bertz CT molecular complexity index is 733. The lowest BCUT2D eigenvalue weighted by molar-refractivity contribution is 0.411. The van der Waals surface area contributed by atoms with Crippen LogP contribution >= 0.6 is 11.3 Å². The highest BCUT2D eigenvalue weighted by Crippen LogP contribution is 2.24. The quantitative estimate of drug-likeness (QED) is 0.740. The fraction of sp³-hybridized carbons (Fsp3) is 0.176. The molecule has 0 saturated carbocycles. The monoisotopic (exact) mass is 283 g/mol. The standard InChI is InChI=1S/C17H17NOS/c1-12-9-13(3-5-16(12)19-2)11-18-15-4-6-17-14(10-15)7-8-20-17/h3-10,18H,11H2,1-2H3. The average Bonchev–Trinajstić information content (AvgIpc) is 2.92. The first-order valence-corrected chi connectivity index (χ1v) is 7.49. The highest BCUT2D eigenvalue weighted by Gasteiger charge is 2.01. The molecule has 0 fully saturated rings. The van der Waals surface area contributed by atoms with E-state index < -0.39 is 0 Å². The molecule has 1 N–H and O–H groups in total. The molecule has 102 valence electrons. The molecule has 0 spiro atoms. The summed E-state index contributed by atoms with van der Waals surface area (Å²) < 4.78 is 6.61. The Kier molecular flexibility index (Phi) is 3.61. The minimum absolute atomic E-state index is 0.820. The highest BCUT2D eigenvalue weighted by molar-refractivity contribution is 7.17. The fourth-order valence-corrected chi connectivity index (χ4v) is 3.10. The molecule has 20 heavy (non-hydrogen) atoms. The van der Waals surface area contributed by atoms with Crippen molar-refractivity contribution in [3.05, 3.63) is 59.0 Å². The summed E-state index contributed by atoms with van der Waals surface area (Å²) >= 11 is 1.77. The van der Waals surface area contributed by atoms with Gasteiger partial charge in [0, 0.05) is 16.9 Å². The average molecular weight is 283 g/mol. The first-order valence-electron chi connectivity index (χ1n) is 6.61. The maximum atomic E-state index is 5.28. The van der Waals surface area contributed by atoms with Gasteiger partial charge in [-0.1, -0.05) is 12.1 Å². The predicted octanol–water partition coefficient (Wildman–Crippen LogP) is 4.83. The number of thiophene rings is 1. The van der Waals surface area contributed by atoms with E-state index in [1.807, 2.05) is 6.07 Å². The molecule has 0 amide bonds. The lowest BCUT2D eigenvalue weighted by atomic mass is 10.1. The van der Waals surface area contributed by atoms with Gasteiger partial charge in [0.25, 0.3) is 0 Å². The van der Waals surface area contributed by atoms with Gasteiger partial charge in [-0.25, -0.2) is 0 Å². The summed E-state index contributed by atoms with van der Waals surface area (Å²) in [6.07, 6.45) is 0. The number of aryl methyl sites for hydroxylation is 1. The molecule has 2 nitrogen and oxygen atoms in total. The number of hydrogen-bond acceptors (Lipinski definition) is 3. The zero-order chi connectivity index (χ0) is 13.9. The van der Waals surface area contributed by atoms with Crippen molar-refractivity contribution in [2.24, 2.45) is 0 Å². The number of rotatable bonds is 4. The molecule has 3 heteroatoms. The van der Waals surface area contributed by atoms with E-state index in [1.165, 1.54) is 21.2 Å². The van der Waals surface area contributed by atoms with Gasteiger partial charge < -0.3 is 10.1 Å². The van der Waals surface area contributed by atoms with Crippen LogP contribution in [0, 0.1) is 6.92 Å². The molecule has 3 rings (SSSR count). The van der Waals surface area contributed by atoms with E-state index in [0.717, 1.165) is 18.0 Å². The summed E-state index contributed by atoms with van der Waals surface area (Å²) in [7, 11) is 1.70. The number of anilines is 1. The van der Waals surface area contributed by atoms with Crippen molar-refractivity contribution in [2.45, 2.75) is 13.5 Å². The van der Waals surface area contributed by atoms with E-state index in [4.69, 9.17) is 4.74 Å². The van der Waals surface area contributed by atoms with Crippen LogP contribution in [0.4, 0.5) is 5.69 Å². The van der Waals surface area contributed by atoms with Crippen LogP contribution in [0.1, 0.15) is 11.1 Å². The number of fused-ring (bicyclic) bond motifs is 1. The second-order valence-corrected chi connectivity index (χ2v) is 5.78. The van der Waals surface area contributed by atoms with Crippen molar-refractivity contribution in [1.29, 1.82) is 0 Å². The molecule has 0 atom stereocenters. The molecule has 0 radical (unpaired) electrons. The molecule has 0 aliphatic rings. The summed E-state index contributed by atoms with van der Waals surface area (Å²) in [4.78, 5) is 0. The van der Waals surface area contributed by atoms with E-state index in [9.17, 15) is 0 Å². The molecule has 1 aromatic heterocycles. The second kappa shape index (κ2) is 5.55. The normalized spacial score (nSPS) is 10.7. The van der Waals surface area contributed by atoms with Gasteiger partial charge >= 0.3 is 0 Å². The van der Waals surface area contributed by atoms with Crippen LogP contribution in [-0.4, -0.2) is 7.11 Å². The van der Waals surface area contributed by atoms with Crippen molar-refractivity contribution >= 4 is 27.1 Å². The van der Waals surface area contributed by atoms with Crippen LogP contribution in [0.5, 0.6) is 5.75 Å². The third kappa shape index (κ3) is 2.63. The van der Waals surface area contributed by atoms with Crippen LogP contribution < -0.4 is 10.1 Å². The number of nitrogens with one attached hydrogen (secondary N) is 1. The topological polar surface area (TPSA) is 21.3 Å². The van der Waals surface area contributed by atoms with Crippen molar-refractivity contribution in [2.75, 3.05) is 12.4 Å². The third-order valence-corrected chi connectivity index (χ3v) is 4.31. The third-order valence-electron chi connectivity index (χ3n) is 3.41. The van der Waals surface area contributed by atoms with E-state index in [0.29, 0.717) is 0 Å². The van der Waals surface area contributed by atoms with Crippen LogP contribution in [0.2, 0.25) is 0 Å². The lowest BCUT2D eigenvalue weighted by Gasteiger charge is -2.09. The molecule has 0 bridgehead atoms. The molecule has 0 unspecified atom stereocenters. The summed E-state index contributed by atoms with van der Waals surface area (Å²) in [5.41, 5.74) is 3.58. The minimum atomic E-state index is 0.820. The van der Waals surface area contributed by atoms with Gasteiger partial charge in [-0.15, -0.1) is 11.3 Å². The van der Waals surface area contributed by atoms with Gasteiger partial charge in [-0.3, -0.25) is 0 Å². The van der Waals surface area contributed by atoms with Crippen molar-refractivity contribution < 1.29 is 4.74 Å². The number of hydrogen-bond donors (Lipinski definition) is 1.